The molecule has 0 saturated carbocycles. The molecule has 0 bridgehead atoms. The lowest BCUT2D eigenvalue weighted by atomic mass is 10.1. The second kappa shape index (κ2) is 10.5. The standard InChI is InChI=1S/C22H20N2O7S2/c1-3-9-31-21(27)18(14-7-5-4-6-8-14)23-20(26)17(33-22(23)32)12-13-10-15(24(28)29)19(25)16(11-13)30-2/h4-8,10-12,18,25H,3,9H2,1-2H3/b17-12-. The van der Waals surface area contributed by atoms with E-state index in [0.717, 1.165) is 17.8 Å². The Hall–Kier alpha value is -3.44. The van der Waals surface area contributed by atoms with E-state index < -0.39 is 34.3 Å². The molecule has 2 aromatic rings. The average molecular weight is 489 g/mol. The zero-order chi connectivity index (χ0) is 24.1. The fraction of sp³-hybridized carbons (Fsp3) is 0.227. The fourth-order valence-electron chi connectivity index (χ4n) is 3.15. The number of amides is 1. The van der Waals surface area contributed by atoms with Gasteiger partial charge in [0.1, 0.15) is 4.32 Å². The molecule has 1 heterocycles. The van der Waals surface area contributed by atoms with E-state index >= 15 is 0 Å². The van der Waals surface area contributed by atoms with Crippen LogP contribution in [0.3, 0.4) is 0 Å². The van der Waals surface area contributed by atoms with Gasteiger partial charge in [0.15, 0.2) is 11.8 Å². The van der Waals surface area contributed by atoms with Crippen LogP contribution >= 0.6 is 24.0 Å². The Morgan fingerprint density at radius 3 is 2.64 bits per heavy atom. The van der Waals surface area contributed by atoms with Crippen molar-refractivity contribution < 1.29 is 29.1 Å². The minimum atomic E-state index is -1.07. The van der Waals surface area contributed by atoms with Crippen LogP contribution in [-0.2, 0) is 14.3 Å². The normalized spacial score (nSPS) is 15.6. The zero-order valence-electron chi connectivity index (χ0n) is 17.7. The number of carbonyl (C=O) groups is 2. The van der Waals surface area contributed by atoms with E-state index in [-0.39, 0.29) is 27.1 Å². The first-order valence-electron chi connectivity index (χ1n) is 9.82. The highest BCUT2D eigenvalue weighted by molar-refractivity contribution is 8.26. The Labute approximate surface area is 199 Å². The predicted octanol–water partition coefficient (Wildman–Crippen LogP) is 4.20. The number of nitro groups is 1. The number of hydrogen-bond acceptors (Lipinski definition) is 9. The number of ether oxygens (including phenoxy) is 2. The lowest BCUT2D eigenvalue weighted by Crippen LogP contribution is -2.38. The van der Waals surface area contributed by atoms with Crippen molar-refractivity contribution in [1.82, 2.24) is 4.90 Å². The van der Waals surface area contributed by atoms with Gasteiger partial charge in [-0.1, -0.05) is 61.2 Å². The molecule has 1 N–H and O–H groups in total. The number of carbonyl (C=O) groups excluding carboxylic acids is 2. The number of hydrogen-bond donors (Lipinski definition) is 1. The number of thiocarbonyl (C=S) groups is 1. The third kappa shape index (κ3) is 5.15. The molecule has 1 amide bonds. The molecule has 2 aromatic carbocycles. The summed E-state index contributed by atoms with van der Waals surface area (Å²) >= 11 is 6.36. The fourth-order valence-corrected chi connectivity index (χ4v) is 4.47. The van der Waals surface area contributed by atoms with E-state index in [0.29, 0.717) is 12.0 Å². The van der Waals surface area contributed by atoms with Gasteiger partial charge in [-0.3, -0.25) is 19.8 Å². The van der Waals surface area contributed by atoms with E-state index in [1.54, 1.807) is 30.3 Å². The van der Waals surface area contributed by atoms with Crippen LogP contribution in [0.4, 0.5) is 5.69 Å². The van der Waals surface area contributed by atoms with Crippen LogP contribution in [0, 0.1) is 10.1 Å². The van der Waals surface area contributed by atoms with E-state index in [9.17, 15) is 24.8 Å². The molecule has 3 rings (SSSR count). The molecule has 9 nitrogen and oxygen atoms in total. The third-order valence-electron chi connectivity index (χ3n) is 4.66. The van der Waals surface area contributed by atoms with Crippen LogP contribution in [-0.4, -0.2) is 44.8 Å². The van der Waals surface area contributed by atoms with Crippen LogP contribution in [0.1, 0.15) is 30.5 Å². The van der Waals surface area contributed by atoms with E-state index in [1.807, 2.05) is 6.92 Å². The molecule has 1 unspecified atom stereocenters. The molecule has 1 aliphatic rings. The van der Waals surface area contributed by atoms with Crippen LogP contribution in [0.15, 0.2) is 47.4 Å². The van der Waals surface area contributed by atoms with Gasteiger partial charge in [0.25, 0.3) is 5.91 Å². The summed E-state index contributed by atoms with van der Waals surface area (Å²) in [6.07, 6.45) is 2.01. The lowest BCUT2D eigenvalue weighted by molar-refractivity contribution is -0.386. The van der Waals surface area contributed by atoms with Crippen molar-refractivity contribution in [3.8, 4) is 11.5 Å². The number of methoxy groups -OCH3 is 1. The monoisotopic (exact) mass is 488 g/mol. The largest absolute Gasteiger partial charge is 0.500 e. The Morgan fingerprint density at radius 1 is 1.33 bits per heavy atom. The molecule has 0 radical (unpaired) electrons. The molecule has 1 atom stereocenters. The van der Waals surface area contributed by atoms with Gasteiger partial charge < -0.3 is 14.6 Å². The number of rotatable bonds is 8. The van der Waals surface area contributed by atoms with Gasteiger partial charge >= 0.3 is 11.7 Å². The van der Waals surface area contributed by atoms with E-state index in [2.05, 4.69) is 0 Å². The molecule has 11 heteroatoms. The molecule has 33 heavy (non-hydrogen) atoms. The van der Waals surface area contributed by atoms with Crippen molar-refractivity contribution in [2.75, 3.05) is 13.7 Å². The summed E-state index contributed by atoms with van der Waals surface area (Å²) in [7, 11) is 1.26. The number of benzene rings is 2. The maximum Gasteiger partial charge on any atom is 0.333 e. The van der Waals surface area contributed by atoms with Gasteiger partial charge in [-0.25, -0.2) is 4.79 Å². The topological polar surface area (TPSA) is 119 Å². The second-order valence-electron chi connectivity index (χ2n) is 6.88. The maximum atomic E-state index is 13.3. The van der Waals surface area contributed by atoms with Crippen molar-refractivity contribution in [1.29, 1.82) is 0 Å². The van der Waals surface area contributed by atoms with Gasteiger partial charge in [0.2, 0.25) is 5.75 Å². The number of esters is 1. The first kappa shape index (κ1) is 24.2. The molecule has 1 aliphatic heterocycles. The first-order chi connectivity index (χ1) is 15.8. The number of phenolic OH excluding ortho intramolecular Hbond substituents is 1. The molecule has 0 aromatic heterocycles. The number of nitro benzene ring substituents is 1. The number of thioether (sulfide) groups is 1. The van der Waals surface area contributed by atoms with Crippen molar-refractivity contribution >= 4 is 51.9 Å². The Morgan fingerprint density at radius 2 is 2.03 bits per heavy atom. The van der Waals surface area contributed by atoms with Crippen molar-refractivity contribution in [2.24, 2.45) is 0 Å². The van der Waals surface area contributed by atoms with Crippen LogP contribution < -0.4 is 4.74 Å². The highest BCUT2D eigenvalue weighted by Gasteiger charge is 2.42. The summed E-state index contributed by atoms with van der Waals surface area (Å²) in [6.45, 7) is 2.06. The predicted molar refractivity (Wildman–Crippen MR) is 127 cm³/mol. The van der Waals surface area contributed by atoms with Crippen LogP contribution in [0.2, 0.25) is 0 Å². The summed E-state index contributed by atoms with van der Waals surface area (Å²) in [6, 6.07) is 10.1. The Kier molecular flexibility index (Phi) is 7.67. The second-order valence-corrected chi connectivity index (χ2v) is 8.56. The lowest BCUT2D eigenvalue weighted by Gasteiger charge is -2.25. The van der Waals surface area contributed by atoms with Gasteiger partial charge in [0.05, 0.1) is 23.5 Å². The summed E-state index contributed by atoms with van der Waals surface area (Å²) in [5.41, 5.74) is 0.223. The highest BCUT2D eigenvalue weighted by Crippen LogP contribution is 2.41. The summed E-state index contributed by atoms with van der Waals surface area (Å²) in [4.78, 5) is 38.0. The van der Waals surface area contributed by atoms with Crippen molar-refractivity contribution in [3.63, 3.8) is 0 Å². The molecule has 0 aliphatic carbocycles. The number of aromatic hydroxyl groups is 1. The van der Waals surface area contributed by atoms with Crippen LogP contribution in [0.5, 0.6) is 11.5 Å². The average Bonchev–Trinajstić information content (AvgIpc) is 3.07. The van der Waals surface area contributed by atoms with E-state index in [4.69, 9.17) is 21.7 Å². The van der Waals surface area contributed by atoms with Gasteiger partial charge in [-0.05, 0) is 29.7 Å². The quantitative estimate of drug-likeness (QED) is 0.192. The molecular formula is C22H20N2O7S2. The number of nitrogens with zero attached hydrogens (tertiary/aromatic N) is 2. The molecule has 1 fully saturated rings. The van der Waals surface area contributed by atoms with Gasteiger partial charge in [0, 0.05) is 6.07 Å². The molecule has 1 saturated heterocycles. The first-order valence-corrected chi connectivity index (χ1v) is 11.0. The molecule has 172 valence electrons. The zero-order valence-corrected chi connectivity index (χ0v) is 19.4. The minimum Gasteiger partial charge on any atom is -0.500 e. The minimum absolute atomic E-state index is 0.115. The van der Waals surface area contributed by atoms with Crippen molar-refractivity contribution in [2.45, 2.75) is 19.4 Å². The van der Waals surface area contributed by atoms with Crippen molar-refractivity contribution in [3.05, 3.63) is 68.6 Å². The van der Waals surface area contributed by atoms with Gasteiger partial charge in [-0.15, -0.1) is 0 Å². The molecule has 0 spiro atoms. The smallest absolute Gasteiger partial charge is 0.333 e. The highest BCUT2D eigenvalue weighted by atomic mass is 32.2. The van der Waals surface area contributed by atoms with E-state index in [1.165, 1.54) is 24.2 Å². The SMILES string of the molecule is CCCOC(=O)C(c1ccccc1)N1C(=O)/C(=C/c2cc(OC)c(O)c([N+](=O)[O-])c2)SC1=S. The number of phenols is 1. The van der Waals surface area contributed by atoms with Crippen LogP contribution in [0.25, 0.3) is 6.08 Å². The van der Waals surface area contributed by atoms with Gasteiger partial charge in [-0.2, -0.15) is 0 Å². The Bertz CT molecular complexity index is 1140. The maximum absolute atomic E-state index is 13.3. The molecular weight excluding hydrogens is 468 g/mol. The summed E-state index contributed by atoms with van der Waals surface area (Å²) in [5, 5.41) is 21.2. The third-order valence-corrected chi connectivity index (χ3v) is 5.99. The summed E-state index contributed by atoms with van der Waals surface area (Å²) in [5.74, 6) is -1.88. The Balaban J connectivity index is 2.01. The summed E-state index contributed by atoms with van der Waals surface area (Å²) < 4.78 is 10.5.